The smallest absolute Gasteiger partial charge is 0.273 e. The number of nitro groups is 1. The standard InChI is InChI=1S/C14H22BrN3O2/c1-5-17(11(2)10-16(3)4)13-6-7-14(18(19)20)12(8-13)9-15/h6-8,11H,5,9-10H2,1-4H3. The van der Waals surface area contributed by atoms with E-state index in [-0.39, 0.29) is 10.6 Å². The van der Waals surface area contributed by atoms with Crippen molar-refractivity contribution in [2.75, 3.05) is 32.1 Å². The minimum Gasteiger partial charge on any atom is -0.368 e. The Morgan fingerprint density at radius 1 is 1.40 bits per heavy atom. The zero-order chi connectivity index (χ0) is 15.3. The number of halogens is 1. The Kier molecular flexibility index (Phi) is 6.42. The maximum absolute atomic E-state index is 11.0. The van der Waals surface area contributed by atoms with Crippen LogP contribution in [0.1, 0.15) is 19.4 Å². The van der Waals surface area contributed by atoms with Crippen LogP contribution in [0.5, 0.6) is 0 Å². The van der Waals surface area contributed by atoms with Crippen LogP contribution in [-0.4, -0.2) is 43.0 Å². The third kappa shape index (κ3) is 4.18. The highest BCUT2D eigenvalue weighted by Gasteiger charge is 2.18. The molecule has 0 N–H and O–H groups in total. The molecule has 0 fully saturated rings. The Hall–Kier alpha value is -1.14. The van der Waals surface area contributed by atoms with E-state index in [2.05, 4.69) is 39.6 Å². The Morgan fingerprint density at radius 3 is 2.50 bits per heavy atom. The number of likely N-dealkylation sites (N-methyl/N-ethyl adjacent to an activating group) is 2. The van der Waals surface area contributed by atoms with E-state index in [1.54, 1.807) is 6.07 Å². The molecule has 0 amide bonds. The number of rotatable bonds is 7. The van der Waals surface area contributed by atoms with Gasteiger partial charge in [0, 0.05) is 41.8 Å². The summed E-state index contributed by atoms with van der Waals surface area (Å²) >= 11 is 3.33. The van der Waals surface area contributed by atoms with Crippen LogP contribution < -0.4 is 4.90 Å². The zero-order valence-corrected chi connectivity index (χ0v) is 14.1. The van der Waals surface area contributed by atoms with E-state index in [0.29, 0.717) is 16.9 Å². The van der Waals surface area contributed by atoms with Crippen LogP contribution in [0.3, 0.4) is 0 Å². The molecule has 0 aliphatic rings. The molecule has 1 atom stereocenters. The number of anilines is 1. The van der Waals surface area contributed by atoms with Gasteiger partial charge in [0.25, 0.3) is 5.69 Å². The summed E-state index contributed by atoms with van der Waals surface area (Å²) in [6.07, 6.45) is 0. The number of nitro benzene ring substituents is 1. The predicted octanol–water partition coefficient (Wildman–Crippen LogP) is 3.27. The van der Waals surface area contributed by atoms with Crippen molar-refractivity contribution in [3.63, 3.8) is 0 Å². The zero-order valence-electron chi connectivity index (χ0n) is 12.5. The molecule has 1 aromatic rings. The Balaban J connectivity index is 3.07. The molecule has 0 bridgehead atoms. The van der Waals surface area contributed by atoms with Crippen molar-refractivity contribution >= 4 is 27.3 Å². The fourth-order valence-electron chi connectivity index (χ4n) is 2.41. The highest BCUT2D eigenvalue weighted by Crippen LogP contribution is 2.27. The largest absolute Gasteiger partial charge is 0.368 e. The summed E-state index contributed by atoms with van der Waals surface area (Å²) in [6.45, 7) is 6.07. The molecule has 1 rings (SSSR count). The van der Waals surface area contributed by atoms with Gasteiger partial charge < -0.3 is 9.80 Å². The van der Waals surface area contributed by atoms with Gasteiger partial charge in [-0.25, -0.2) is 0 Å². The van der Waals surface area contributed by atoms with E-state index in [9.17, 15) is 10.1 Å². The molecule has 6 heteroatoms. The van der Waals surface area contributed by atoms with Crippen LogP contribution in [0.25, 0.3) is 0 Å². The van der Waals surface area contributed by atoms with E-state index in [0.717, 1.165) is 18.8 Å². The number of benzene rings is 1. The van der Waals surface area contributed by atoms with Crippen LogP contribution in [0.4, 0.5) is 11.4 Å². The maximum atomic E-state index is 11.0. The molecule has 0 aliphatic carbocycles. The highest BCUT2D eigenvalue weighted by molar-refractivity contribution is 9.08. The van der Waals surface area contributed by atoms with Crippen molar-refractivity contribution in [3.8, 4) is 0 Å². The number of nitrogens with zero attached hydrogens (tertiary/aromatic N) is 3. The summed E-state index contributed by atoms with van der Waals surface area (Å²) in [5.41, 5.74) is 1.91. The van der Waals surface area contributed by atoms with Gasteiger partial charge >= 0.3 is 0 Å². The molecule has 112 valence electrons. The Labute approximate surface area is 128 Å². The van der Waals surface area contributed by atoms with Crippen LogP contribution in [-0.2, 0) is 5.33 Å². The molecule has 0 aliphatic heterocycles. The monoisotopic (exact) mass is 343 g/mol. The first-order chi connectivity index (χ1) is 9.40. The van der Waals surface area contributed by atoms with Gasteiger partial charge in [-0.3, -0.25) is 10.1 Å². The second-order valence-corrected chi connectivity index (χ2v) is 5.66. The normalized spacial score (nSPS) is 12.5. The van der Waals surface area contributed by atoms with Crippen molar-refractivity contribution in [1.29, 1.82) is 0 Å². The fraction of sp³-hybridized carbons (Fsp3) is 0.571. The molecule has 20 heavy (non-hydrogen) atoms. The molecular formula is C14H22BrN3O2. The van der Waals surface area contributed by atoms with E-state index < -0.39 is 0 Å². The first kappa shape index (κ1) is 16.9. The number of hydrogen-bond acceptors (Lipinski definition) is 4. The van der Waals surface area contributed by atoms with E-state index >= 15 is 0 Å². The molecule has 0 radical (unpaired) electrons. The van der Waals surface area contributed by atoms with Crippen LogP contribution in [0, 0.1) is 10.1 Å². The number of alkyl halides is 1. The Morgan fingerprint density at radius 2 is 2.05 bits per heavy atom. The van der Waals surface area contributed by atoms with Crippen LogP contribution in [0.15, 0.2) is 18.2 Å². The molecular weight excluding hydrogens is 322 g/mol. The third-order valence-electron chi connectivity index (χ3n) is 3.24. The van der Waals surface area contributed by atoms with Crippen molar-refractivity contribution < 1.29 is 4.92 Å². The average molecular weight is 344 g/mol. The molecule has 0 spiro atoms. The van der Waals surface area contributed by atoms with Crippen molar-refractivity contribution in [1.82, 2.24) is 4.90 Å². The van der Waals surface area contributed by atoms with Gasteiger partial charge in [-0.1, -0.05) is 15.9 Å². The lowest BCUT2D eigenvalue weighted by molar-refractivity contribution is -0.385. The Bertz CT molecular complexity index is 466. The van der Waals surface area contributed by atoms with Crippen molar-refractivity contribution in [3.05, 3.63) is 33.9 Å². The molecule has 0 saturated carbocycles. The van der Waals surface area contributed by atoms with Crippen molar-refractivity contribution in [2.45, 2.75) is 25.2 Å². The summed E-state index contributed by atoms with van der Waals surface area (Å²) in [4.78, 5) is 15.0. The summed E-state index contributed by atoms with van der Waals surface area (Å²) in [6, 6.07) is 5.68. The third-order valence-corrected chi connectivity index (χ3v) is 3.84. The van der Waals surface area contributed by atoms with Crippen LogP contribution >= 0.6 is 15.9 Å². The summed E-state index contributed by atoms with van der Waals surface area (Å²) in [5.74, 6) is 0. The molecule has 0 heterocycles. The minimum absolute atomic E-state index is 0.168. The summed E-state index contributed by atoms with van der Waals surface area (Å²) < 4.78 is 0. The second kappa shape index (κ2) is 7.59. The molecule has 1 unspecified atom stereocenters. The topological polar surface area (TPSA) is 49.6 Å². The minimum atomic E-state index is -0.333. The molecule has 0 aromatic heterocycles. The van der Waals surface area contributed by atoms with Gasteiger partial charge in [0.15, 0.2) is 0 Å². The summed E-state index contributed by atoms with van der Waals surface area (Å²) in [5, 5.41) is 11.5. The second-order valence-electron chi connectivity index (χ2n) is 5.10. The van der Waals surface area contributed by atoms with E-state index in [4.69, 9.17) is 0 Å². The van der Waals surface area contributed by atoms with E-state index in [1.165, 1.54) is 0 Å². The highest BCUT2D eigenvalue weighted by atomic mass is 79.9. The van der Waals surface area contributed by atoms with Crippen LogP contribution in [0.2, 0.25) is 0 Å². The fourth-order valence-corrected chi connectivity index (χ4v) is 2.86. The lowest BCUT2D eigenvalue weighted by Crippen LogP contribution is -2.40. The summed E-state index contributed by atoms with van der Waals surface area (Å²) in [7, 11) is 4.09. The predicted molar refractivity (Wildman–Crippen MR) is 86.8 cm³/mol. The maximum Gasteiger partial charge on any atom is 0.273 e. The van der Waals surface area contributed by atoms with Gasteiger partial charge in [-0.2, -0.15) is 0 Å². The molecule has 1 aromatic carbocycles. The van der Waals surface area contributed by atoms with Gasteiger partial charge in [0.05, 0.1) is 4.92 Å². The van der Waals surface area contributed by atoms with Gasteiger partial charge in [0.2, 0.25) is 0 Å². The molecule has 0 saturated heterocycles. The van der Waals surface area contributed by atoms with Gasteiger partial charge in [-0.15, -0.1) is 0 Å². The molecule has 5 nitrogen and oxygen atoms in total. The van der Waals surface area contributed by atoms with Crippen molar-refractivity contribution in [2.24, 2.45) is 0 Å². The van der Waals surface area contributed by atoms with Gasteiger partial charge in [-0.05, 0) is 40.1 Å². The lowest BCUT2D eigenvalue weighted by atomic mass is 10.1. The van der Waals surface area contributed by atoms with Gasteiger partial charge in [0.1, 0.15) is 0 Å². The first-order valence-corrected chi connectivity index (χ1v) is 7.77. The van der Waals surface area contributed by atoms with E-state index in [1.807, 2.05) is 26.2 Å². The first-order valence-electron chi connectivity index (χ1n) is 6.65. The lowest BCUT2D eigenvalue weighted by Gasteiger charge is -2.32. The number of hydrogen-bond donors (Lipinski definition) is 0. The quantitative estimate of drug-likeness (QED) is 0.433. The SMILES string of the molecule is CCN(c1ccc([N+](=O)[O-])c(CBr)c1)C(C)CN(C)C. The average Bonchev–Trinajstić information content (AvgIpc) is 2.38.